The highest BCUT2D eigenvalue weighted by Crippen LogP contribution is 2.40. The second-order valence-electron chi connectivity index (χ2n) is 5.53. The largest absolute Gasteiger partial charge is 0.497 e. The number of nitrogens with two attached hydrogens (primary N) is 1. The summed E-state index contributed by atoms with van der Waals surface area (Å²) < 4.78 is 10.7. The van der Waals surface area contributed by atoms with Crippen molar-refractivity contribution in [2.24, 2.45) is 5.73 Å². The Morgan fingerprint density at radius 3 is 2.62 bits per heavy atom. The van der Waals surface area contributed by atoms with E-state index < -0.39 is 0 Å². The molecule has 0 bridgehead atoms. The minimum absolute atomic E-state index is 0.451. The van der Waals surface area contributed by atoms with Gasteiger partial charge in [-0.3, -0.25) is 0 Å². The van der Waals surface area contributed by atoms with Gasteiger partial charge in [0.15, 0.2) is 5.16 Å². The van der Waals surface area contributed by atoms with Gasteiger partial charge >= 0.3 is 0 Å². The van der Waals surface area contributed by atoms with Crippen LogP contribution in [-0.4, -0.2) is 30.4 Å². The fourth-order valence-electron chi connectivity index (χ4n) is 2.68. The lowest BCUT2D eigenvalue weighted by Crippen LogP contribution is -2.02. The number of halogens is 1. The third kappa shape index (κ3) is 3.30. The number of methoxy groups -OCH3 is 2. The van der Waals surface area contributed by atoms with Gasteiger partial charge in [0.25, 0.3) is 0 Å². The summed E-state index contributed by atoms with van der Waals surface area (Å²) in [5.41, 5.74) is 10.6. The van der Waals surface area contributed by atoms with E-state index in [0.717, 1.165) is 16.8 Å². The molecular weight excluding hydrogens is 370 g/mol. The first-order chi connectivity index (χ1) is 12.5. The van der Waals surface area contributed by atoms with Gasteiger partial charge in [-0.25, -0.2) is 9.97 Å². The third-order valence-electron chi connectivity index (χ3n) is 3.98. The molecule has 1 aromatic carbocycles. The lowest BCUT2D eigenvalue weighted by molar-refractivity contribution is 0.394. The van der Waals surface area contributed by atoms with Crippen molar-refractivity contribution in [2.45, 2.75) is 5.16 Å². The Hall–Kier alpha value is -2.44. The van der Waals surface area contributed by atoms with Crippen molar-refractivity contribution in [3.05, 3.63) is 58.5 Å². The van der Waals surface area contributed by atoms with E-state index >= 15 is 0 Å². The number of hydrogen-bond donors (Lipinski definition) is 1. The first kappa shape index (κ1) is 18.4. The molecule has 2 N–H and O–H groups in total. The van der Waals surface area contributed by atoms with Gasteiger partial charge in [-0.1, -0.05) is 29.9 Å². The standard InChI is InChI=1S/C19H18ClN3O2S/c1-10-5-15(21)13(6-11-9-22-19(26-4)23-18(10)11)14-7-12(24-2)8-16(25-3)17(14)20/h5-9H,1,21H2,2-4H3. The molecule has 3 rings (SSSR count). The van der Waals surface area contributed by atoms with Crippen LogP contribution in [0.1, 0.15) is 16.8 Å². The van der Waals surface area contributed by atoms with Gasteiger partial charge in [-0.05, 0) is 30.0 Å². The molecule has 0 aliphatic heterocycles. The molecule has 1 aromatic heterocycles. The second-order valence-corrected chi connectivity index (χ2v) is 6.69. The highest BCUT2D eigenvalue weighted by molar-refractivity contribution is 7.98. The molecule has 0 radical (unpaired) electrons. The maximum atomic E-state index is 6.54. The zero-order chi connectivity index (χ0) is 18.8. The number of hydrogen-bond acceptors (Lipinski definition) is 6. The van der Waals surface area contributed by atoms with Crippen LogP contribution in [0.4, 0.5) is 0 Å². The fourth-order valence-corrected chi connectivity index (χ4v) is 3.31. The molecule has 7 heteroatoms. The van der Waals surface area contributed by atoms with Crippen LogP contribution in [0.3, 0.4) is 0 Å². The van der Waals surface area contributed by atoms with Crippen LogP contribution in [-0.2, 0) is 0 Å². The molecule has 1 aliphatic carbocycles. The van der Waals surface area contributed by atoms with E-state index in [9.17, 15) is 0 Å². The van der Waals surface area contributed by atoms with Crippen molar-refractivity contribution in [1.82, 2.24) is 9.97 Å². The van der Waals surface area contributed by atoms with E-state index in [0.29, 0.717) is 38.5 Å². The number of thioether (sulfide) groups is 1. The number of allylic oxidation sites excluding steroid dienone is 3. The normalized spacial score (nSPS) is 13.5. The van der Waals surface area contributed by atoms with Crippen LogP contribution < -0.4 is 15.2 Å². The molecule has 0 spiro atoms. The van der Waals surface area contributed by atoms with Crippen LogP contribution in [0.15, 0.2) is 41.8 Å². The molecular formula is C19H18ClN3O2S. The van der Waals surface area contributed by atoms with Gasteiger partial charge in [0.05, 0.1) is 24.9 Å². The molecule has 0 saturated carbocycles. The molecule has 0 fully saturated rings. The van der Waals surface area contributed by atoms with E-state index in [1.807, 2.05) is 18.4 Å². The van der Waals surface area contributed by atoms with Crippen molar-refractivity contribution in [1.29, 1.82) is 0 Å². The molecule has 26 heavy (non-hydrogen) atoms. The van der Waals surface area contributed by atoms with Gasteiger partial charge in [0.1, 0.15) is 11.5 Å². The van der Waals surface area contributed by atoms with E-state index in [4.69, 9.17) is 26.8 Å². The topological polar surface area (TPSA) is 70.3 Å². The zero-order valence-corrected chi connectivity index (χ0v) is 16.2. The summed E-state index contributed by atoms with van der Waals surface area (Å²) in [5.74, 6) is 1.12. The molecule has 0 unspecified atom stereocenters. The van der Waals surface area contributed by atoms with Crippen molar-refractivity contribution in [3.63, 3.8) is 0 Å². The van der Waals surface area contributed by atoms with E-state index in [-0.39, 0.29) is 0 Å². The van der Waals surface area contributed by atoms with Crippen LogP contribution in [0.2, 0.25) is 5.02 Å². The number of fused-ring (bicyclic) bond motifs is 1. The number of benzene rings is 1. The quantitative estimate of drug-likeness (QED) is 0.623. The second kappa shape index (κ2) is 7.43. The van der Waals surface area contributed by atoms with Gasteiger partial charge < -0.3 is 15.2 Å². The van der Waals surface area contributed by atoms with Crippen LogP contribution in [0.5, 0.6) is 11.5 Å². The molecule has 134 valence electrons. The van der Waals surface area contributed by atoms with Crippen molar-refractivity contribution in [3.8, 4) is 11.5 Å². The predicted molar refractivity (Wildman–Crippen MR) is 108 cm³/mol. The number of nitrogens with zero attached hydrogens (tertiary/aromatic N) is 2. The van der Waals surface area contributed by atoms with Gasteiger partial charge in [-0.2, -0.15) is 0 Å². The highest BCUT2D eigenvalue weighted by atomic mass is 35.5. The van der Waals surface area contributed by atoms with Gasteiger partial charge in [0, 0.05) is 34.7 Å². The Labute approximate surface area is 161 Å². The van der Waals surface area contributed by atoms with E-state index in [2.05, 4.69) is 16.5 Å². The summed E-state index contributed by atoms with van der Waals surface area (Å²) in [6.07, 6.45) is 7.38. The average Bonchev–Trinajstić information content (AvgIpc) is 2.77. The third-order valence-corrected chi connectivity index (χ3v) is 4.93. The van der Waals surface area contributed by atoms with E-state index in [1.54, 1.807) is 32.6 Å². The summed E-state index contributed by atoms with van der Waals surface area (Å²) in [4.78, 5) is 8.90. The van der Waals surface area contributed by atoms with Crippen molar-refractivity contribution >= 4 is 40.6 Å². The van der Waals surface area contributed by atoms with Gasteiger partial charge in [0.2, 0.25) is 0 Å². The number of ether oxygens (including phenoxy) is 2. The summed E-state index contributed by atoms with van der Waals surface area (Å²) in [6.45, 7) is 4.09. The molecule has 0 atom stereocenters. The van der Waals surface area contributed by atoms with Crippen molar-refractivity contribution < 1.29 is 9.47 Å². The smallest absolute Gasteiger partial charge is 0.187 e. The predicted octanol–water partition coefficient (Wildman–Crippen LogP) is 4.28. The lowest BCUT2D eigenvalue weighted by Gasteiger charge is -2.14. The highest BCUT2D eigenvalue weighted by Gasteiger charge is 2.20. The Morgan fingerprint density at radius 2 is 1.96 bits per heavy atom. The summed E-state index contributed by atoms with van der Waals surface area (Å²) in [5, 5.41) is 1.13. The zero-order valence-electron chi connectivity index (χ0n) is 14.7. The minimum Gasteiger partial charge on any atom is -0.497 e. The Bertz CT molecular complexity index is 954. The monoisotopic (exact) mass is 387 g/mol. The van der Waals surface area contributed by atoms with Crippen LogP contribution >= 0.6 is 23.4 Å². The molecule has 0 saturated heterocycles. The maximum absolute atomic E-state index is 6.54. The van der Waals surface area contributed by atoms with Crippen LogP contribution in [0.25, 0.3) is 17.2 Å². The van der Waals surface area contributed by atoms with E-state index in [1.165, 1.54) is 11.8 Å². The summed E-state index contributed by atoms with van der Waals surface area (Å²) in [6, 6.07) is 3.55. The molecule has 5 nitrogen and oxygen atoms in total. The first-order valence-electron chi connectivity index (χ1n) is 7.70. The average molecular weight is 388 g/mol. The van der Waals surface area contributed by atoms with Crippen molar-refractivity contribution in [2.75, 3.05) is 20.5 Å². The molecule has 2 aromatic rings. The summed E-state index contributed by atoms with van der Waals surface area (Å²) >= 11 is 8.01. The fraction of sp³-hybridized carbons (Fsp3) is 0.158. The minimum atomic E-state index is 0.451. The van der Waals surface area contributed by atoms with Gasteiger partial charge in [-0.15, -0.1) is 0 Å². The lowest BCUT2D eigenvalue weighted by atomic mass is 10.0. The number of aromatic nitrogens is 2. The first-order valence-corrected chi connectivity index (χ1v) is 9.30. The Kier molecular flexibility index (Phi) is 5.25. The maximum Gasteiger partial charge on any atom is 0.187 e. The molecule has 1 aliphatic rings. The summed E-state index contributed by atoms with van der Waals surface area (Å²) in [7, 11) is 3.14. The number of rotatable bonds is 4. The molecule has 1 heterocycles. The molecule has 0 amide bonds. The Balaban J connectivity index is 2.25. The van der Waals surface area contributed by atoms with Crippen LogP contribution in [0, 0.1) is 0 Å². The Morgan fingerprint density at radius 1 is 1.19 bits per heavy atom. The SMILES string of the molecule is C=C1C=C(N)C(c2cc(OC)cc(OC)c2Cl)=Cc2cnc(SC)nc21.